The highest BCUT2D eigenvalue weighted by molar-refractivity contribution is 7.13. The van der Waals surface area contributed by atoms with E-state index in [1.807, 2.05) is 23.1 Å². The summed E-state index contributed by atoms with van der Waals surface area (Å²) in [4.78, 5) is 29.4. The molecule has 0 unspecified atom stereocenters. The van der Waals surface area contributed by atoms with Gasteiger partial charge in [-0.15, -0.1) is 11.3 Å². The van der Waals surface area contributed by atoms with Crippen molar-refractivity contribution in [2.75, 3.05) is 38.2 Å². The second-order valence-electron chi connectivity index (χ2n) is 5.33. The van der Waals surface area contributed by atoms with Gasteiger partial charge in [0.2, 0.25) is 5.91 Å². The predicted molar refractivity (Wildman–Crippen MR) is 90.4 cm³/mol. The number of para-hydroxylation sites is 1. The van der Waals surface area contributed by atoms with Crippen LogP contribution in [-0.2, 0) is 9.53 Å². The second kappa shape index (κ2) is 7.52. The van der Waals surface area contributed by atoms with Crippen molar-refractivity contribution in [2.45, 2.75) is 0 Å². The quantitative estimate of drug-likeness (QED) is 0.857. The zero-order valence-electron chi connectivity index (χ0n) is 12.9. The lowest BCUT2D eigenvalue weighted by Crippen LogP contribution is -2.41. The number of hydrogen-bond donors (Lipinski definition) is 2. The number of aromatic nitrogens is 1. The number of carbonyl (C=O) groups is 2. The number of ether oxygens (including phenoxy) is 1. The number of hydrogen-bond acceptors (Lipinski definition) is 6. The van der Waals surface area contributed by atoms with E-state index in [9.17, 15) is 9.59 Å². The monoisotopic (exact) mass is 347 g/mol. The van der Waals surface area contributed by atoms with E-state index in [2.05, 4.69) is 10.3 Å². The first-order valence-electron chi connectivity index (χ1n) is 7.51. The Morgan fingerprint density at radius 1 is 1.29 bits per heavy atom. The van der Waals surface area contributed by atoms with Crippen molar-refractivity contribution in [2.24, 2.45) is 0 Å². The molecule has 0 aliphatic carbocycles. The third-order valence-corrected chi connectivity index (χ3v) is 4.50. The highest BCUT2D eigenvalue weighted by Gasteiger charge is 2.17. The number of morpholine rings is 1. The molecule has 0 saturated carbocycles. The molecule has 24 heavy (non-hydrogen) atoms. The van der Waals surface area contributed by atoms with Crippen LogP contribution in [0.25, 0.3) is 10.6 Å². The second-order valence-corrected chi connectivity index (χ2v) is 6.18. The molecular formula is C16H17N3O4S. The van der Waals surface area contributed by atoms with Crippen molar-refractivity contribution in [3.8, 4) is 10.6 Å². The van der Waals surface area contributed by atoms with Crippen molar-refractivity contribution >= 4 is 28.9 Å². The number of thiazole rings is 1. The Labute approximate surface area is 142 Å². The van der Waals surface area contributed by atoms with Crippen LogP contribution in [0.15, 0.2) is 29.6 Å². The van der Waals surface area contributed by atoms with E-state index in [-0.39, 0.29) is 11.6 Å². The Hall–Kier alpha value is -2.29. The minimum Gasteiger partial charge on any atom is -0.476 e. The summed E-state index contributed by atoms with van der Waals surface area (Å²) < 4.78 is 5.27. The van der Waals surface area contributed by atoms with E-state index in [1.54, 1.807) is 6.07 Å². The minimum absolute atomic E-state index is 0.00412. The lowest BCUT2D eigenvalue weighted by molar-refractivity contribution is -0.118. The van der Waals surface area contributed by atoms with E-state index in [0.717, 1.165) is 13.1 Å². The topological polar surface area (TPSA) is 91.8 Å². The zero-order valence-corrected chi connectivity index (χ0v) is 13.7. The van der Waals surface area contributed by atoms with Gasteiger partial charge in [0.05, 0.1) is 25.4 Å². The summed E-state index contributed by atoms with van der Waals surface area (Å²) in [6, 6.07) is 7.25. The summed E-state index contributed by atoms with van der Waals surface area (Å²) in [5.41, 5.74) is 1.34. The molecule has 126 valence electrons. The minimum atomic E-state index is -1.06. The molecule has 2 heterocycles. The Morgan fingerprint density at radius 3 is 2.75 bits per heavy atom. The van der Waals surface area contributed by atoms with Gasteiger partial charge in [-0.1, -0.05) is 12.1 Å². The first-order valence-corrected chi connectivity index (χ1v) is 8.39. The van der Waals surface area contributed by atoms with Gasteiger partial charge in [0.25, 0.3) is 0 Å². The van der Waals surface area contributed by atoms with Gasteiger partial charge in [-0.2, -0.15) is 0 Å². The summed E-state index contributed by atoms with van der Waals surface area (Å²) in [5.74, 6) is -1.18. The van der Waals surface area contributed by atoms with Crippen LogP contribution in [0.3, 0.4) is 0 Å². The Bertz CT molecular complexity index is 740. The van der Waals surface area contributed by atoms with E-state index in [1.165, 1.54) is 16.7 Å². The van der Waals surface area contributed by atoms with Crippen molar-refractivity contribution in [1.82, 2.24) is 9.88 Å². The van der Waals surface area contributed by atoms with Crippen LogP contribution in [0.5, 0.6) is 0 Å². The predicted octanol–water partition coefficient (Wildman–Crippen LogP) is 1.78. The number of rotatable bonds is 5. The molecule has 1 aliphatic heterocycles. The van der Waals surface area contributed by atoms with Gasteiger partial charge in [-0.05, 0) is 12.1 Å². The Morgan fingerprint density at radius 2 is 2.04 bits per heavy atom. The third kappa shape index (κ3) is 3.97. The molecule has 0 radical (unpaired) electrons. The average molecular weight is 347 g/mol. The number of nitrogens with zero attached hydrogens (tertiary/aromatic N) is 2. The molecular weight excluding hydrogens is 330 g/mol. The number of amides is 1. The maximum Gasteiger partial charge on any atom is 0.355 e. The van der Waals surface area contributed by atoms with E-state index < -0.39 is 5.97 Å². The van der Waals surface area contributed by atoms with E-state index >= 15 is 0 Å². The maximum absolute atomic E-state index is 12.3. The fourth-order valence-electron chi connectivity index (χ4n) is 2.43. The number of anilines is 1. The molecule has 0 spiro atoms. The fourth-order valence-corrected chi connectivity index (χ4v) is 3.26. The van der Waals surface area contributed by atoms with Gasteiger partial charge in [0, 0.05) is 24.0 Å². The molecule has 0 bridgehead atoms. The molecule has 1 saturated heterocycles. The SMILES string of the molecule is O=C(CN1CCOCC1)Nc1ccccc1-c1nc(C(=O)O)cs1. The molecule has 0 atom stereocenters. The summed E-state index contributed by atoms with van der Waals surface area (Å²) in [5, 5.41) is 13.9. The van der Waals surface area contributed by atoms with Crippen molar-refractivity contribution in [3.05, 3.63) is 35.3 Å². The van der Waals surface area contributed by atoms with Crippen molar-refractivity contribution in [3.63, 3.8) is 0 Å². The molecule has 1 fully saturated rings. The van der Waals surface area contributed by atoms with Gasteiger partial charge in [-0.25, -0.2) is 9.78 Å². The van der Waals surface area contributed by atoms with Crippen LogP contribution >= 0.6 is 11.3 Å². The largest absolute Gasteiger partial charge is 0.476 e. The number of aromatic carboxylic acids is 1. The molecule has 2 N–H and O–H groups in total. The number of nitrogens with one attached hydrogen (secondary N) is 1. The Balaban J connectivity index is 1.73. The lowest BCUT2D eigenvalue weighted by Gasteiger charge is -2.25. The molecule has 3 rings (SSSR count). The normalized spacial score (nSPS) is 15.2. The first kappa shape index (κ1) is 16.6. The smallest absolute Gasteiger partial charge is 0.355 e. The standard InChI is InChI=1S/C16H17N3O4S/c20-14(9-19-5-7-23-8-6-19)17-12-4-2-1-3-11(12)15-18-13(10-24-15)16(21)22/h1-4,10H,5-9H2,(H,17,20)(H,21,22). The maximum atomic E-state index is 12.3. The number of benzene rings is 1. The molecule has 8 heteroatoms. The van der Waals surface area contributed by atoms with Gasteiger partial charge in [-0.3, -0.25) is 9.69 Å². The van der Waals surface area contributed by atoms with Crippen LogP contribution in [-0.4, -0.2) is 59.7 Å². The van der Waals surface area contributed by atoms with E-state index in [0.29, 0.717) is 36.0 Å². The summed E-state index contributed by atoms with van der Waals surface area (Å²) in [6.07, 6.45) is 0. The number of carbonyl (C=O) groups excluding carboxylic acids is 1. The van der Waals surface area contributed by atoms with Crippen LogP contribution in [0.2, 0.25) is 0 Å². The molecule has 1 aromatic carbocycles. The summed E-state index contributed by atoms with van der Waals surface area (Å²) >= 11 is 1.24. The van der Waals surface area contributed by atoms with E-state index in [4.69, 9.17) is 9.84 Å². The highest BCUT2D eigenvalue weighted by atomic mass is 32.1. The summed E-state index contributed by atoms with van der Waals surface area (Å²) in [6.45, 7) is 3.06. The highest BCUT2D eigenvalue weighted by Crippen LogP contribution is 2.30. The number of carboxylic acid groups (broad SMARTS) is 1. The van der Waals surface area contributed by atoms with Gasteiger partial charge in [0.1, 0.15) is 5.01 Å². The molecule has 2 aromatic rings. The molecule has 1 aliphatic rings. The van der Waals surface area contributed by atoms with Crippen molar-refractivity contribution in [1.29, 1.82) is 0 Å². The molecule has 7 nitrogen and oxygen atoms in total. The Kier molecular flexibility index (Phi) is 5.19. The van der Waals surface area contributed by atoms with Crippen LogP contribution in [0.4, 0.5) is 5.69 Å². The fraction of sp³-hybridized carbons (Fsp3) is 0.312. The van der Waals surface area contributed by atoms with Gasteiger partial charge in [0.15, 0.2) is 5.69 Å². The molecule has 1 amide bonds. The lowest BCUT2D eigenvalue weighted by atomic mass is 10.2. The van der Waals surface area contributed by atoms with Crippen molar-refractivity contribution < 1.29 is 19.4 Å². The zero-order chi connectivity index (χ0) is 16.9. The van der Waals surface area contributed by atoms with Crippen LogP contribution < -0.4 is 5.32 Å². The third-order valence-electron chi connectivity index (χ3n) is 3.63. The number of carboxylic acids is 1. The summed E-state index contributed by atoms with van der Waals surface area (Å²) in [7, 11) is 0. The van der Waals surface area contributed by atoms with Gasteiger partial charge < -0.3 is 15.2 Å². The average Bonchev–Trinajstić information content (AvgIpc) is 3.06. The molecule has 1 aromatic heterocycles. The van der Waals surface area contributed by atoms with Gasteiger partial charge >= 0.3 is 5.97 Å². The van der Waals surface area contributed by atoms with Crippen LogP contribution in [0, 0.1) is 0 Å². The van der Waals surface area contributed by atoms with Crippen LogP contribution in [0.1, 0.15) is 10.5 Å². The first-order chi connectivity index (χ1) is 11.6.